The van der Waals surface area contributed by atoms with Crippen molar-refractivity contribution in [3.8, 4) is 5.75 Å². The Morgan fingerprint density at radius 3 is 3.11 bits per heavy atom. The van der Waals surface area contributed by atoms with Crippen LogP contribution in [0.1, 0.15) is 30.3 Å². The van der Waals surface area contributed by atoms with Crippen LogP contribution in [0.4, 0.5) is 0 Å². The van der Waals surface area contributed by atoms with Crippen molar-refractivity contribution in [1.29, 1.82) is 0 Å². The van der Waals surface area contributed by atoms with Crippen molar-refractivity contribution in [2.24, 2.45) is 11.7 Å². The summed E-state index contributed by atoms with van der Waals surface area (Å²) in [5, 5.41) is 0. The molecule has 104 valence electrons. The van der Waals surface area contributed by atoms with Crippen LogP contribution in [0, 0.1) is 5.92 Å². The van der Waals surface area contributed by atoms with Gasteiger partial charge in [0.25, 0.3) is 5.91 Å². The zero-order valence-corrected chi connectivity index (χ0v) is 11.5. The maximum atomic E-state index is 12.5. The molecule has 0 spiro atoms. The summed E-state index contributed by atoms with van der Waals surface area (Å²) in [4.78, 5) is 18.5. The second-order valence-electron chi connectivity index (χ2n) is 5.07. The van der Waals surface area contributed by atoms with Gasteiger partial charge in [-0.25, -0.2) is 4.98 Å². The highest BCUT2D eigenvalue weighted by molar-refractivity contribution is 5.95. The lowest BCUT2D eigenvalue weighted by Gasteiger charge is -2.34. The van der Waals surface area contributed by atoms with Gasteiger partial charge in [0.15, 0.2) is 5.69 Å². The van der Waals surface area contributed by atoms with Gasteiger partial charge in [-0.3, -0.25) is 4.79 Å². The fourth-order valence-electron chi connectivity index (χ4n) is 2.49. The molecule has 1 fully saturated rings. The predicted molar refractivity (Wildman–Crippen MR) is 73.1 cm³/mol. The summed E-state index contributed by atoms with van der Waals surface area (Å²) in [6, 6.07) is 3.63. The van der Waals surface area contributed by atoms with Crippen molar-refractivity contribution in [2.45, 2.75) is 25.8 Å². The first-order valence-corrected chi connectivity index (χ1v) is 6.67. The molecular weight excluding hydrogens is 242 g/mol. The Bertz CT molecular complexity index is 448. The van der Waals surface area contributed by atoms with E-state index in [1.54, 1.807) is 25.4 Å². The number of methoxy groups -OCH3 is 1. The minimum absolute atomic E-state index is 0.0669. The molecule has 0 aliphatic carbocycles. The molecule has 2 N–H and O–H groups in total. The van der Waals surface area contributed by atoms with E-state index in [1.807, 2.05) is 11.8 Å². The number of nitrogens with two attached hydrogens (primary N) is 1. The number of amides is 1. The number of nitrogens with zero attached hydrogens (tertiary/aromatic N) is 2. The Hall–Kier alpha value is -1.62. The van der Waals surface area contributed by atoms with E-state index in [9.17, 15) is 4.79 Å². The summed E-state index contributed by atoms with van der Waals surface area (Å²) >= 11 is 0. The van der Waals surface area contributed by atoms with E-state index in [4.69, 9.17) is 10.5 Å². The van der Waals surface area contributed by atoms with Crippen LogP contribution in [0.3, 0.4) is 0 Å². The Kier molecular flexibility index (Phi) is 4.37. The van der Waals surface area contributed by atoms with E-state index in [0.717, 1.165) is 19.4 Å². The summed E-state index contributed by atoms with van der Waals surface area (Å²) in [5.41, 5.74) is 6.33. The highest BCUT2D eigenvalue weighted by Crippen LogP contribution is 2.23. The minimum Gasteiger partial charge on any atom is -0.494 e. The number of carbonyl (C=O) groups is 1. The SMILES string of the molecule is COc1cccnc1C(=O)N1CCCC(C(C)N)C1. The quantitative estimate of drug-likeness (QED) is 0.892. The molecule has 1 aliphatic rings. The average Bonchev–Trinajstić information content (AvgIpc) is 2.46. The number of piperidine rings is 1. The van der Waals surface area contributed by atoms with Gasteiger partial charge in [0, 0.05) is 25.3 Å². The van der Waals surface area contributed by atoms with E-state index in [0.29, 0.717) is 23.9 Å². The van der Waals surface area contributed by atoms with Crippen molar-refractivity contribution in [2.75, 3.05) is 20.2 Å². The molecule has 0 aromatic carbocycles. The first kappa shape index (κ1) is 13.8. The van der Waals surface area contributed by atoms with E-state index < -0.39 is 0 Å². The number of hydrogen-bond donors (Lipinski definition) is 1. The maximum Gasteiger partial charge on any atom is 0.276 e. The monoisotopic (exact) mass is 263 g/mol. The van der Waals surface area contributed by atoms with Crippen LogP contribution in [-0.4, -0.2) is 42.0 Å². The van der Waals surface area contributed by atoms with Crippen LogP contribution in [0.15, 0.2) is 18.3 Å². The second kappa shape index (κ2) is 6.02. The van der Waals surface area contributed by atoms with Crippen LogP contribution in [-0.2, 0) is 0 Å². The molecule has 1 saturated heterocycles. The van der Waals surface area contributed by atoms with Gasteiger partial charge in [-0.1, -0.05) is 0 Å². The highest BCUT2D eigenvalue weighted by Gasteiger charge is 2.28. The molecule has 5 nitrogen and oxygen atoms in total. The number of likely N-dealkylation sites (tertiary alicyclic amines) is 1. The summed E-state index contributed by atoms with van der Waals surface area (Å²) < 4.78 is 5.20. The zero-order valence-electron chi connectivity index (χ0n) is 11.5. The molecule has 1 aromatic rings. The van der Waals surface area contributed by atoms with Crippen molar-refractivity contribution < 1.29 is 9.53 Å². The lowest BCUT2D eigenvalue weighted by atomic mass is 9.92. The van der Waals surface area contributed by atoms with Gasteiger partial charge in [0.1, 0.15) is 5.75 Å². The van der Waals surface area contributed by atoms with Gasteiger partial charge in [0.2, 0.25) is 0 Å². The Labute approximate surface area is 113 Å². The summed E-state index contributed by atoms with van der Waals surface area (Å²) in [6.07, 6.45) is 3.69. The van der Waals surface area contributed by atoms with Crippen LogP contribution in [0.5, 0.6) is 5.75 Å². The molecule has 0 bridgehead atoms. The van der Waals surface area contributed by atoms with E-state index >= 15 is 0 Å². The molecule has 2 atom stereocenters. The summed E-state index contributed by atoms with van der Waals surface area (Å²) in [7, 11) is 1.55. The zero-order chi connectivity index (χ0) is 13.8. The molecule has 2 unspecified atom stereocenters. The Morgan fingerprint density at radius 1 is 1.63 bits per heavy atom. The Morgan fingerprint density at radius 2 is 2.42 bits per heavy atom. The molecule has 2 heterocycles. The molecule has 1 aliphatic heterocycles. The van der Waals surface area contributed by atoms with Gasteiger partial charge in [-0.2, -0.15) is 0 Å². The van der Waals surface area contributed by atoms with Gasteiger partial charge >= 0.3 is 0 Å². The molecule has 5 heteroatoms. The average molecular weight is 263 g/mol. The fourth-order valence-corrected chi connectivity index (χ4v) is 2.49. The smallest absolute Gasteiger partial charge is 0.276 e. The molecule has 1 aromatic heterocycles. The summed E-state index contributed by atoms with van der Waals surface area (Å²) in [5.74, 6) is 0.825. The number of ether oxygens (including phenoxy) is 1. The molecule has 1 amide bonds. The van der Waals surface area contributed by atoms with Crippen LogP contribution in [0.25, 0.3) is 0 Å². The summed E-state index contributed by atoms with van der Waals surface area (Å²) in [6.45, 7) is 3.47. The Balaban J connectivity index is 2.15. The lowest BCUT2D eigenvalue weighted by Crippen LogP contribution is -2.45. The molecule has 0 radical (unpaired) electrons. The molecule has 19 heavy (non-hydrogen) atoms. The van der Waals surface area contributed by atoms with Gasteiger partial charge in [-0.05, 0) is 37.8 Å². The van der Waals surface area contributed by atoms with Crippen molar-refractivity contribution in [3.63, 3.8) is 0 Å². The first-order chi connectivity index (χ1) is 9.13. The topological polar surface area (TPSA) is 68.5 Å². The third-order valence-electron chi connectivity index (χ3n) is 3.68. The van der Waals surface area contributed by atoms with Gasteiger partial charge < -0.3 is 15.4 Å². The number of carbonyl (C=O) groups excluding carboxylic acids is 1. The first-order valence-electron chi connectivity index (χ1n) is 6.67. The van der Waals surface area contributed by atoms with Crippen LogP contribution in [0.2, 0.25) is 0 Å². The molecule has 0 saturated carbocycles. The number of aromatic nitrogens is 1. The van der Waals surface area contributed by atoms with Crippen LogP contribution < -0.4 is 10.5 Å². The largest absolute Gasteiger partial charge is 0.494 e. The van der Waals surface area contributed by atoms with Gasteiger partial charge in [-0.15, -0.1) is 0 Å². The highest BCUT2D eigenvalue weighted by atomic mass is 16.5. The predicted octanol–water partition coefficient (Wildman–Crippen LogP) is 1.29. The number of hydrogen-bond acceptors (Lipinski definition) is 4. The van der Waals surface area contributed by atoms with Crippen LogP contribution >= 0.6 is 0 Å². The van der Waals surface area contributed by atoms with E-state index in [2.05, 4.69) is 4.98 Å². The van der Waals surface area contributed by atoms with E-state index in [-0.39, 0.29) is 11.9 Å². The van der Waals surface area contributed by atoms with Gasteiger partial charge in [0.05, 0.1) is 7.11 Å². The molecular formula is C14H21N3O2. The van der Waals surface area contributed by atoms with E-state index in [1.165, 1.54) is 0 Å². The van der Waals surface area contributed by atoms with Crippen molar-refractivity contribution >= 4 is 5.91 Å². The third-order valence-corrected chi connectivity index (χ3v) is 3.68. The lowest BCUT2D eigenvalue weighted by molar-refractivity contribution is 0.0651. The maximum absolute atomic E-state index is 12.5. The number of pyridine rings is 1. The normalized spacial score (nSPS) is 21.0. The standard InChI is InChI=1S/C14H21N3O2/c1-10(15)11-5-4-8-17(9-11)14(18)13-12(19-2)6-3-7-16-13/h3,6-7,10-11H,4-5,8-9,15H2,1-2H3. The fraction of sp³-hybridized carbons (Fsp3) is 0.571. The molecule has 2 rings (SSSR count). The second-order valence-corrected chi connectivity index (χ2v) is 5.07. The number of rotatable bonds is 3. The van der Waals surface area contributed by atoms with Crippen molar-refractivity contribution in [1.82, 2.24) is 9.88 Å². The third kappa shape index (κ3) is 3.04. The minimum atomic E-state index is -0.0669. The van der Waals surface area contributed by atoms with Crippen molar-refractivity contribution in [3.05, 3.63) is 24.0 Å².